The van der Waals surface area contributed by atoms with E-state index in [2.05, 4.69) is 36.5 Å². The maximum atomic E-state index is 9.43. The molecule has 0 bridgehead atoms. The summed E-state index contributed by atoms with van der Waals surface area (Å²) >= 11 is 0. The molecule has 1 fully saturated rings. The standard InChI is InChI=1S/C14H21NO/c1-11(13-5-3-2-4-6-13)14(10-16)15-9-12-7-8-12/h2-6,11-12,14-16H,7-10H2,1H3. The summed E-state index contributed by atoms with van der Waals surface area (Å²) in [6.07, 6.45) is 2.70. The van der Waals surface area contributed by atoms with Crippen molar-refractivity contribution in [1.29, 1.82) is 0 Å². The first-order valence-corrected chi connectivity index (χ1v) is 6.20. The molecule has 1 aliphatic rings. The van der Waals surface area contributed by atoms with Crippen molar-refractivity contribution in [3.63, 3.8) is 0 Å². The largest absolute Gasteiger partial charge is 0.395 e. The summed E-state index contributed by atoms with van der Waals surface area (Å²) in [6, 6.07) is 10.6. The summed E-state index contributed by atoms with van der Waals surface area (Å²) in [6.45, 7) is 3.45. The predicted octanol–water partition coefficient (Wildman–Crippen LogP) is 2.15. The highest BCUT2D eigenvalue weighted by Gasteiger charge is 2.24. The zero-order chi connectivity index (χ0) is 11.4. The molecule has 1 aromatic rings. The number of aliphatic hydroxyl groups is 1. The van der Waals surface area contributed by atoms with Gasteiger partial charge in [0.05, 0.1) is 6.61 Å². The molecular formula is C14H21NO. The average Bonchev–Trinajstić information content (AvgIpc) is 3.15. The van der Waals surface area contributed by atoms with Crippen LogP contribution >= 0.6 is 0 Å². The van der Waals surface area contributed by atoms with Crippen LogP contribution in [0, 0.1) is 5.92 Å². The topological polar surface area (TPSA) is 32.3 Å². The van der Waals surface area contributed by atoms with Crippen molar-refractivity contribution in [2.24, 2.45) is 5.92 Å². The Hall–Kier alpha value is -0.860. The lowest BCUT2D eigenvalue weighted by Crippen LogP contribution is -2.38. The number of rotatable bonds is 6. The van der Waals surface area contributed by atoms with E-state index < -0.39 is 0 Å². The monoisotopic (exact) mass is 219 g/mol. The highest BCUT2D eigenvalue weighted by atomic mass is 16.3. The van der Waals surface area contributed by atoms with Crippen LogP contribution in [0.25, 0.3) is 0 Å². The van der Waals surface area contributed by atoms with E-state index in [1.807, 2.05) is 6.07 Å². The van der Waals surface area contributed by atoms with Gasteiger partial charge in [0.25, 0.3) is 0 Å². The molecule has 0 spiro atoms. The van der Waals surface area contributed by atoms with Crippen molar-refractivity contribution in [1.82, 2.24) is 5.32 Å². The van der Waals surface area contributed by atoms with E-state index in [4.69, 9.17) is 0 Å². The first kappa shape index (κ1) is 11.6. The third-order valence-corrected chi connectivity index (χ3v) is 3.49. The zero-order valence-corrected chi connectivity index (χ0v) is 9.89. The van der Waals surface area contributed by atoms with Gasteiger partial charge in [0, 0.05) is 6.04 Å². The lowest BCUT2D eigenvalue weighted by Gasteiger charge is -2.23. The molecule has 1 aromatic carbocycles. The van der Waals surface area contributed by atoms with Gasteiger partial charge >= 0.3 is 0 Å². The highest BCUT2D eigenvalue weighted by Crippen LogP contribution is 2.28. The number of hydrogen-bond donors (Lipinski definition) is 2. The molecule has 2 nitrogen and oxygen atoms in total. The molecule has 2 unspecified atom stereocenters. The molecule has 2 rings (SSSR count). The average molecular weight is 219 g/mol. The van der Waals surface area contributed by atoms with Gasteiger partial charge in [-0.3, -0.25) is 0 Å². The van der Waals surface area contributed by atoms with Crippen molar-refractivity contribution in [2.75, 3.05) is 13.2 Å². The Morgan fingerprint density at radius 2 is 2.00 bits per heavy atom. The Kier molecular flexibility index (Phi) is 3.97. The van der Waals surface area contributed by atoms with Gasteiger partial charge in [-0.25, -0.2) is 0 Å². The van der Waals surface area contributed by atoms with Crippen LogP contribution in [-0.4, -0.2) is 24.3 Å². The quantitative estimate of drug-likeness (QED) is 0.768. The predicted molar refractivity (Wildman–Crippen MR) is 66.5 cm³/mol. The molecule has 2 N–H and O–H groups in total. The molecule has 2 atom stereocenters. The minimum absolute atomic E-state index is 0.183. The minimum Gasteiger partial charge on any atom is -0.395 e. The fraction of sp³-hybridized carbons (Fsp3) is 0.571. The van der Waals surface area contributed by atoms with E-state index in [-0.39, 0.29) is 12.6 Å². The maximum absolute atomic E-state index is 9.43. The van der Waals surface area contributed by atoms with E-state index in [1.165, 1.54) is 18.4 Å². The zero-order valence-electron chi connectivity index (χ0n) is 9.89. The Morgan fingerprint density at radius 1 is 1.31 bits per heavy atom. The van der Waals surface area contributed by atoms with Crippen molar-refractivity contribution in [3.05, 3.63) is 35.9 Å². The molecule has 1 saturated carbocycles. The molecule has 0 aromatic heterocycles. The summed E-state index contributed by atoms with van der Waals surface area (Å²) in [7, 11) is 0. The van der Waals surface area contributed by atoms with Crippen LogP contribution < -0.4 is 5.32 Å². The molecular weight excluding hydrogens is 198 g/mol. The van der Waals surface area contributed by atoms with Crippen molar-refractivity contribution in [3.8, 4) is 0 Å². The maximum Gasteiger partial charge on any atom is 0.0590 e. The molecule has 0 heterocycles. The normalized spacial score (nSPS) is 19.4. The van der Waals surface area contributed by atoms with E-state index in [1.54, 1.807) is 0 Å². The number of hydrogen-bond acceptors (Lipinski definition) is 2. The third-order valence-electron chi connectivity index (χ3n) is 3.49. The van der Waals surface area contributed by atoms with Crippen molar-refractivity contribution >= 4 is 0 Å². The summed E-state index contributed by atoms with van der Waals surface area (Å²) < 4.78 is 0. The molecule has 0 radical (unpaired) electrons. The fourth-order valence-corrected chi connectivity index (χ4v) is 2.03. The van der Waals surface area contributed by atoms with Crippen LogP contribution in [0.2, 0.25) is 0 Å². The molecule has 88 valence electrons. The third kappa shape index (κ3) is 3.06. The van der Waals surface area contributed by atoms with Gasteiger partial charge in [-0.1, -0.05) is 37.3 Å². The lowest BCUT2D eigenvalue weighted by molar-refractivity contribution is 0.225. The van der Waals surface area contributed by atoms with E-state index in [9.17, 15) is 5.11 Å². The second kappa shape index (κ2) is 5.46. The molecule has 16 heavy (non-hydrogen) atoms. The number of nitrogens with one attached hydrogen (secondary N) is 1. The summed E-state index contributed by atoms with van der Waals surface area (Å²) in [5.41, 5.74) is 1.30. The lowest BCUT2D eigenvalue weighted by atomic mass is 9.93. The first-order chi connectivity index (χ1) is 7.81. The van der Waals surface area contributed by atoms with Crippen LogP contribution in [0.5, 0.6) is 0 Å². The van der Waals surface area contributed by atoms with Crippen LogP contribution in [0.3, 0.4) is 0 Å². The molecule has 1 aliphatic carbocycles. The SMILES string of the molecule is CC(c1ccccc1)C(CO)NCC1CC1. The van der Waals surface area contributed by atoms with E-state index >= 15 is 0 Å². The summed E-state index contributed by atoms with van der Waals surface area (Å²) in [5.74, 6) is 1.22. The Bertz CT molecular complexity index is 308. The molecule has 2 heteroatoms. The Morgan fingerprint density at radius 3 is 2.56 bits per heavy atom. The fourth-order valence-electron chi connectivity index (χ4n) is 2.03. The van der Waals surface area contributed by atoms with E-state index in [0.29, 0.717) is 5.92 Å². The van der Waals surface area contributed by atoms with Gasteiger partial charge in [0.15, 0.2) is 0 Å². The van der Waals surface area contributed by atoms with Crippen LogP contribution in [0.1, 0.15) is 31.2 Å². The Labute approximate surface area is 97.7 Å². The van der Waals surface area contributed by atoms with Gasteiger partial charge in [0.1, 0.15) is 0 Å². The highest BCUT2D eigenvalue weighted by molar-refractivity contribution is 5.20. The van der Waals surface area contributed by atoms with Gasteiger partial charge in [0.2, 0.25) is 0 Å². The van der Waals surface area contributed by atoms with E-state index in [0.717, 1.165) is 12.5 Å². The second-order valence-corrected chi connectivity index (χ2v) is 4.84. The van der Waals surface area contributed by atoms with Gasteiger partial charge in [-0.05, 0) is 36.8 Å². The summed E-state index contributed by atoms with van der Waals surface area (Å²) in [4.78, 5) is 0. The molecule has 0 saturated heterocycles. The van der Waals surface area contributed by atoms with Crippen LogP contribution in [0.4, 0.5) is 0 Å². The number of aliphatic hydroxyl groups excluding tert-OH is 1. The molecule has 0 amide bonds. The first-order valence-electron chi connectivity index (χ1n) is 6.20. The molecule has 0 aliphatic heterocycles. The smallest absolute Gasteiger partial charge is 0.0590 e. The second-order valence-electron chi connectivity index (χ2n) is 4.84. The summed E-state index contributed by atoms with van der Waals surface area (Å²) in [5, 5.41) is 12.9. The van der Waals surface area contributed by atoms with Gasteiger partial charge < -0.3 is 10.4 Å². The Balaban J connectivity index is 1.91. The van der Waals surface area contributed by atoms with Crippen molar-refractivity contribution in [2.45, 2.75) is 31.7 Å². The van der Waals surface area contributed by atoms with Gasteiger partial charge in [-0.2, -0.15) is 0 Å². The van der Waals surface area contributed by atoms with Crippen LogP contribution in [-0.2, 0) is 0 Å². The van der Waals surface area contributed by atoms with Crippen molar-refractivity contribution < 1.29 is 5.11 Å². The van der Waals surface area contributed by atoms with Gasteiger partial charge in [-0.15, -0.1) is 0 Å². The number of benzene rings is 1. The minimum atomic E-state index is 0.183. The van der Waals surface area contributed by atoms with Crippen LogP contribution in [0.15, 0.2) is 30.3 Å².